The van der Waals surface area contributed by atoms with Gasteiger partial charge in [-0.1, -0.05) is 24.3 Å². The standard InChI is InChI=1S/C17H18N4/c1-12-6-3-4-7-14(12)13(2)21-11-19-10-16(21)15-8-5-9-20-17(15)18/h3-11,13H,1-2H3,(H2,18,20). The van der Waals surface area contributed by atoms with Gasteiger partial charge in [-0.05, 0) is 37.1 Å². The summed E-state index contributed by atoms with van der Waals surface area (Å²) in [4.78, 5) is 8.46. The summed E-state index contributed by atoms with van der Waals surface area (Å²) in [5, 5.41) is 0. The Balaban J connectivity index is 2.08. The Bertz CT molecular complexity index is 761. The maximum Gasteiger partial charge on any atom is 0.132 e. The highest BCUT2D eigenvalue weighted by Gasteiger charge is 2.16. The monoisotopic (exact) mass is 278 g/mol. The molecule has 0 bridgehead atoms. The molecule has 1 aromatic carbocycles. The lowest BCUT2D eigenvalue weighted by molar-refractivity contribution is 0.641. The third-order valence-electron chi connectivity index (χ3n) is 3.84. The van der Waals surface area contributed by atoms with Crippen LogP contribution in [0.4, 0.5) is 5.82 Å². The summed E-state index contributed by atoms with van der Waals surface area (Å²) in [5.41, 5.74) is 10.4. The predicted molar refractivity (Wildman–Crippen MR) is 84.9 cm³/mol. The number of nitrogen functional groups attached to an aromatic ring is 1. The van der Waals surface area contributed by atoms with Crippen LogP contribution in [-0.2, 0) is 0 Å². The van der Waals surface area contributed by atoms with Gasteiger partial charge in [-0.2, -0.15) is 0 Å². The van der Waals surface area contributed by atoms with Crippen LogP contribution in [0.15, 0.2) is 55.1 Å². The lowest BCUT2D eigenvalue weighted by Gasteiger charge is -2.19. The highest BCUT2D eigenvalue weighted by Crippen LogP contribution is 2.29. The average molecular weight is 278 g/mol. The lowest BCUT2D eigenvalue weighted by Crippen LogP contribution is -2.09. The number of nitrogens with zero attached hydrogens (tertiary/aromatic N) is 3. The van der Waals surface area contributed by atoms with E-state index in [1.807, 2.05) is 24.7 Å². The molecule has 2 heterocycles. The van der Waals surface area contributed by atoms with E-state index in [2.05, 4.69) is 52.6 Å². The van der Waals surface area contributed by atoms with Crippen molar-refractivity contribution in [2.45, 2.75) is 19.9 Å². The van der Waals surface area contributed by atoms with E-state index in [-0.39, 0.29) is 6.04 Å². The van der Waals surface area contributed by atoms with Crippen LogP contribution >= 0.6 is 0 Å². The maximum absolute atomic E-state index is 6.00. The molecular weight excluding hydrogens is 260 g/mol. The van der Waals surface area contributed by atoms with Crippen LogP contribution < -0.4 is 5.73 Å². The molecule has 2 N–H and O–H groups in total. The molecular formula is C17H18N4. The normalized spacial score (nSPS) is 12.3. The molecule has 0 radical (unpaired) electrons. The number of aryl methyl sites for hydroxylation is 1. The van der Waals surface area contributed by atoms with Crippen LogP contribution in [0.2, 0.25) is 0 Å². The highest BCUT2D eigenvalue weighted by atomic mass is 15.1. The van der Waals surface area contributed by atoms with E-state index in [1.54, 1.807) is 6.20 Å². The fourth-order valence-electron chi connectivity index (χ4n) is 2.66. The molecule has 3 rings (SSSR count). The third kappa shape index (κ3) is 2.40. The van der Waals surface area contributed by atoms with Crippen LogP contribution in [0.25, 0.3) is 11.3 Å². The molecule has 1 atom stereocenters. The number of rotatable bonds is 3. The van der Waals surface area contributed by atoms with Crippen molar-refractivity contribution in [3.63, 3.8) is 0 Å². The Morgan fingerprint density at radius 3 is 2.71 bits per heavy atom. The van der Waals surface area contributed by atoms with Crippen molar-refractivity contribution >= 4 is 5.82 Å². The summed E-state index contributed by atoms with van der Waals surface area (Å²) in [6.07, 6.45) is 5.38. The fourth-order valence-corrected chi connectivity index (χ4v) is 2.66. The number of anilines is 1. The Hall–Kier alpha value is -2.62. The van der Waals surface area contributed by atoms with Gasteiger partial charge in [-0.15, -0.1) is 0 Å². The first-order valence-electron chi connectivity index (χ1n) is 6.96. The van der Waals surface area contributed by atoms with Gasteiger partial charge in [0.25, 0.3) is 0 Å². The number of aromatic nitrogens is 3. The van der Waals surface area contributed by atoms with Crippen molar-refractivity contribution in [1.29, 1.82) is 0 Å². The SMILES string of the molecule is Cc1ccccc1C(C)n1cncc1-c1cccnc1N. The zero-order valence-electron chi connectivity index (χ0n) is 12.2. The molecule has 0 aliphatic carbocycles. The summed E-state index contributed by atoms with van der Waals surface area (Å²) in [7, 11) is 0. The Kier molecular flexibility index (Phi) is 3.44. The molecule has 0 saturated carbocycles. The van der Waals surface area contributed by atoms with E-state index in [9.17, 15) is 0 Å². The molecule has 0 saturated heterocycles. The van der Waals surface area contributed by atoms with Gasteiger partial charge < -0.3 is 10.3 Å². The van der Waals surface area contributed by atoms with Gasteiger partial charge in [0.15, 0.2) is 0 Å². The molecule has 0 amide bonds. The third-order valence-corrected chi connectivity index (χ3v) is 3.84. The van der Waals surface area contributed by atoms with Crippen LogP contribution in [0.3, 0.4) is 0 Å². The van der Waals surface area contributed by atoms with Crippen LogP contribution in [0.5, 0.6) is 0 Å². The number of imidazole rings is 1. The van der Waals surface area contributed by atoms with Crippen molar-refractivity contribution in [3.8, 4) is 11.3 Å². The molecule has 0 spiro atoms. The predicted octanol–water partition coefficient (Wildman–Crippen LogP) is 3.45. The molecule has 21 heavy (non-hydrogen) atoms. The van der Waals surface area contributed by atoms with Crippen molar-refractivity contribution in [3.05, 3.63) is 66.2 Å². The van der Waals surface area contributed by atoms with Crippen LogP contribution in [0.1, 0.15) is 24.1 Å². The summed E-state index contributed by atoms with van der Waals surface area (Å²) in [6, 6.07) is 12.4. The van der Waals surface area contributed by atoms with E-state index in [0.29, 0.717) is 5.82 Å². The Labute approximate surface area is 124 Å². The average Bonchev–Trinajstić information content (AvgIpc) is 2.97. The van der Waals surface area contributed by atoms with Gasteiger partial charge in [0.1, 0.15) is 5.82 Å². The van der Waals surface area contributed by atoms with Crippen LogP contribution in [0, 0.1) is 6.92 Å². The summed E-state index contributed by atoms with van der Waals surface area (Å²) >= 11 is 0. The first kappa shape index (κ1) is 13.4. The van der Waals surface area contributed by atoms with Gasteiger partial charge in [-0.3, -0.25) is 0 Å². The zero-order valence-corrected chi connectivity index (χ0v) is 12.2. The molecule has 4 heteroatoms. The zero-order chi connectivity index (χ0) is 14.8. The van der Waals surface area contributed by atoms with E-state index >= 15 is 0 Å². The minimum absolute atomic E-state index is 0.184. The minimum Gasteiger partial charge on any atom is -0.383 e. The second-order valence-electron chi connectivity index (χ2n) is 5.15. The minimum atomic E-state index is 0.184. The van der Waals surface area contributed by atoms with Gasteiger partial charge in [0.2, 0.25) is 0 Å². The van der Waals surface area contributed by atoms with E-state index in [0.717, 1.165) is 11.3 Å². The lowest BCUT2D eigenvalue weighted by atomic mass is 10.0. The quantitative estimate of drug-likeness (QED) is 0.798. The number of benzene rings is 1. The van der Waals surface area contributed by atoms with Gasteiger partial charge in [0.05, 0.1) is 24.3 Å². The summed E-state index contributed by atoms with van der Waals surface area (Å²) in [6.45, 7) is 4.29. The highest BCUT2D eigenvalue weighted by molar-refractivity contribution is 5.70. The maximum atomic E-state index is 6.00. The van der Waals surface area contributed by atoms with Gasteiger partial charge in [-0.25, -0.2) is 9.97 Å². The first-order valence-corrected chi connectivity index (χ1v) is 6.96. The molecule has 0 aliphatic heterocycles. The van der Waals surface area contributed by atoms with E-state index in [4.69, 9.17) is 5.73 Å². The summed E-state index contributed by atoms with van der Waals surface area (Å²) < 4.78 is 2.13. The second-order valence-corrected chi connectivity index (χ2v) is 5.15. The van der Waals surface area contributed by atoms with Crippen LogP contribution in [-0.4, -0.2) is 14.5 Å². The molecule has 0 fully saturated rings. The molecule has 4 nitrogen and oxygen atoms in total. The molecule has 2 aromatic heterocycles. The number of hydrogen-bond donors (Lipinski definition) is 1. The molecule has 1 unspecified atom stereocenters. The summed E-state index contributed by atoms with van der Waals surface area (Å²) in [5.74, 6) is 0.524. The van der Waals surface area contributed by atoms with Crippen molar-refractivity contribution in [2.75, 3.05) is 5.73 Å². The topological polar surface area (TPSA) is 56.7 Å². The molecule has 3 aromatic rings. The molecule has 0 aliphatic rings. The van der Waals surface area contributed by atoms with Crippen molar-refractivity contribution < 1.29 is 0 Å². The fraction of sp³-hybridized carbons (Fsp3) is 0.176. The largest absolute Gasteiger partial charge is 0.383 e. The van der Waals surface area contributed by atoms with Crippen molar-refractivity contribution in [1.82, 2.24) is 14.5 Å². The number of hydrogen-bond acceptors (Lipinski definition) is 3. The first-order chi connectivity index (χ1) is 10.2. The van der Waals surface area contributed by atoms with Crippen molar-refractivity contribution in [2.24, 2.45) is 0 Å². The van der Waals surface area contributed by atoms with E-state index in [1.165, 1.54) is 11.1 Å². The smallest absolute Gasteiger partial charge is 0.132 e. The van der Waals surface area contributed by atoms with E-state index < -0.39 is 0 Å². The molecule has 106 valence electrons. The Morgan fingerprint density at radius 2 is 1.95 bits per heavy atom. The van der Waals surface area contributed by atoms with Gasteiger partial charge in [0, 0.05) is 11.8 Å². The van der Waals surface area contributed by atoms with Gasteiger partial charge >= 0.3 is 0 Å². The second kappa shape index (κ2) is 5.40. The number of nitrogens with two attached hydrogens (primary N) is 1. The number of pyridine rings is 1. The Morgan fingerprint density at radius 1 is 1.14 bits per heavy atom.